The summed E-state index contributed by atoms with van der Waals surface area (Å²) in [6.07, 6.45) is -5.15. The monoisotopic (exact) mass is 338 g/mol. The van der Waals surface area contributed by atoms with Gasteiger partial charge in [0.2, 0.25) is 0 Å². The highest BCUT2D eigenvalue weighted by Crippen LogP contribution is 2.32. The number of nitrogens with zero attached hydrogens (tertiary/aromatic N) is 1. The van der Waals surface area contributed by atoms with Gasteiger partial charge < -0.3 is 10.1 Å². The van der Waals surface area contributed by atoms with E-state index >= 15 is 0 Å². The summed E-state index contributed by atoms with van der Waals surface area (Å²) < 4.78 is 66.3. The Kier molecular flexibility index (Phi) is 6.17. The van der Waals surface area contributed by atoms with E-state index in [4.69, 9.17) is 0 Å². The number of ether oxygens (including phenoxy) is 1. The van der Waals surface area contributed by atoms with Gasteiger partial charge in [0.15, 0.2) is 0 Å². The molecule has 1 N–H and O–H groups in total. The van der Waals surface area contributed by atoms with Gasteiger partial charge in [0.25, 0.3) is 0 Å². The van der Waals surface area contributed by atoms with Crippen molar-refractivity contribution in [1.29, 1.82) is 0 Å². The molecule has 1 aromatic rings. The van der Waals surface area contributed by atoms with Gasteiger partial charge in [-0.3, -0.25) is 4.90 Å². The normalized spacial score (nSPS) is 18.2. The fraction of sp³-hybridized carbons (Fsp3) is 0.600. The predicted octanol–water partition coefficient (Wildman–Crippen LogP) is 3.58. The molecule has 3 nitrogen and oxygen atoms in total. The van der Waals surface area contributed by atoms with Crippen molar-refractivity contribution in [3.8, 4) is 5.75 Å². The van der Waals surface area contributed by atoms with Crippen molar-refractivity contribution in [3.05, 3.63) is 29.8 Å². The van der Waals surface area contributed by atoms with E-state index < -0.39 is 19.2 Å². The van der Waals surface area contributed by atoms with Gasteiger partial charge in [0, 0.05) is 38.6 Å². The van der Waals surface area contributed by atoms with Crippen LogP contribution in [0.25, 0.3) is 0 Å². The third-order valence-corrected chi connectivity index (χ3v) is 3.78. The van der Waals surface area contributed by atoms with Crippen molar-refractivity contribution in [2.75, 3.05) is 26.2 Å². The minimum absolute atomic E-state index is 0.00127. The van der Waals surface area contributed by atoms with Crippen molar-refractivity contribution < 1.29 is 26.7 Å². The van der Waals surface area contributed by atoms with E-state index in [1.807, 2.05) is 4.90 Å². The minimum Gasteiger partial charge on any atom is -0.435 e. The Morgan fingerprint density at radius 2 is 1.70 bits per heavy atom. The largest absolute Gasteiger partial charge is 0.435 e. The maximum absolute atomic E-state index is 12.6. The van der Waals surface area contributed by atoms with Gasteiger partial charge in [-0.25, -0.2) is 0 Å². The molecule has 1 aliphatic rings. The van der Waals surface area contributed by atoms with Crippen molar-refractivity contribution >= 4 is 0 Å². The molecule has 1 saturated heterocycles. The molecule has 130 valence electrons. The molecule has 0 spiro atoms. The number of halogens is 5. The highest BCUT2D eigenvalue weighted by Gasteiger charge is 2.31. The Hall–Kier alpha value is -1.41. The van der Waals surface area contributed by atoms with Gasteiger partial charge in [-0.15, -0.1) is 0 Å². The Labute approximate surface area is 131 Å². The smallest absolute Gasteiger partial charge is 0.389 e. The molecule has 1 heterocycles. The lowest BCUT2D eigenvalue weighted by Crippen LogP contribution is -2.45. The SMILES string of the molecule is FC(F)Oc1ccc([C@@H](CCC(F)(F)F)N2CCNCC2)cc1. The van der Waals surface area contributed by atoms with E-state index in [-0.39, 0.29) is 18.2 Å². The van der Waals surface area contributed by atoms with Crippen LogP contribution in [0.15, 0.2) is 24.3 Å². The number of rotatable bonds is 6. The van der Waals surface area contributed by atoms with E-state index in [1.54, 1.807) is 12.1 Å². The van der Waals surface area contributed by atoms with E-state index in [1.165, 1.54) is 12.1 Å². The molecule has 0 aliphatic carbocycles. The molecule has 8 heteroatoms. The first-order valence-electron chi connectivity index (χ1n) is 7.41. The number of alkyl halides is 5. The fourth-order valence-electron chi connectivity index (χ4n) is 2.73. The van der Waals surface area contributed by atoms with E-state index in [2.05, 4.69) is 10.1 Å². The van der Waals surface area contributed by atoms with Crippen LogP contribution in [0.3, 0.4) is 0 Å². The van der Waals surface area contributed by atoms with Crippen LogP contribution in [-0.2, 0) is 0 Å². The van der Waals surface area contributed by atoms with Crippen molar-refractivity contribution in [2.24, 2.45) is 0 Å². The maximum atomic E-state index is 12.6. The summed E-state index contributed by atoms with van der Waals surface area (Å²) in [5.41, 5.74) is 0.678. The summed E-state index contributed by atoms with van der Waals surface area (Å²) in [7, 11) is 0. The molecule has 2 rings (SSSR count). The van der Waals surface area contributed by atoms with Gasteiger partial charge in [-0.1, -0.05) is 12.1 Å². The second-order valence-corrected chi connectivity index (χ2v) is 5.40. The van der Waals surface area contributed by atoms with E-state index in [0.717, 1.165) is 13.1 Å². The molecular formula is C15H19F5N2O. The summed E-state index contributed by atoms with van der Waals surface area (Å²) >= 11 is 0. The quantitative estimate of drug-likeness (QED) is 0.803. The molecule has 23 heavy (non-hydrogen) atoms. The third-order valence-electron chi connectivity index (χ3n) is 3.78. The first-order valence-corrected chi connectivity index (χ1v) is 7.41. The number of hydrogen-bond donors (Lipinski definition) is 1. The molecule has 1 atom stereocenters. The summed E-state index contributed by atoms with van der Waals surface area (Å²) in [5, 5.41) is 3.16. The Balaban J connectivity index is 2.11. The molecule has 0 saturated carbocycles. The van der Waals surface area contributed by atoms with Crippen LogP contribution in [0.4, 0.5) is 22.0 Å². The lowest BCUT2D eigenvalue weighted by Gasteiger charge is -2.35. The van der Waals surface area contributed by atoms with E-state index in [9.17, 15) is 22.0 Å². The average Bonchev–Trinajstić information content (AvgIpc) is 2.48. The van der Waals surface area contributed by atoms with Gasteiger partial charge in [-0.2, -0.15) is 22.0 Å². The van der Waals surface area contributed by atoms with Crippen molar-refractivity contribution in [3.63, 3.8) is 0 Å². The van der Waals surface area contributed by atoms with Crippen LogP contribution < -0.4 is 10.1 Å². The zero-order valence-electron chi connectivity index (χ0n) is 12.5. The highest BCUT2D eigenvalue weighted by molar-refractivity contribution is 5.29. The van der Waals surface area contributed by atoms with E-state index in [0.29, 0.717) is 18.7 Å². The first kappa shape index (κ1) is 17.9. The summed E-state index contributed by atoms with van der Waals surface area (Å²) in [4.78, 5) is 1.99. The van der Waals surface area contributed by atoms with Gasteiger partial charge in [0.05, 0.1) is 0 Å². The Morgan fingerprint density at radius 1 is 1.09 bits per heavy atom. The van der Waals surface area contributed by atoms with Gasteiger partial charge in [-0.05, 0) is 24.1 Å². The Bertz CT molecular complexity index is 472. The molecule has 0 aromatic heterocycles. The average molecular weight is 338 g/mol. The standard InChI is InChI=1S/C15H19F5N2O/c16-14(17)23-12-3-1-11(2-4-12)13(5-6-15(18,19)20)22-9-7-21-8-10-22/h1-4,13-14,21H,5-10H2/t13-/m1/s1. The molecule has 1 aromatic carbocycles. The predicted molar refractivity (Wildman–Crippen MR) is 75.5 cm³/mol. The minimum atomic E-state index is -4.22. The first-order chi connectivity index (χ1) is 10.8. The number of nitrogens with one attached hydrogen (secondary N) is 1. The maximum Gasteiger partial charge on any atom is 0.389 e. The zero-order valence-corrected chi connectivity index (χ0v) is 12.5. The van der Waals surface area contributed by atoms with Gasteiger partial charge >= 0.3 is 12.8 Å². The Morgan fingerprint density at radius 3 is 2.22 bits per heavy atom. The summed E-state index contributed by atoms with van der Waals surface area (Å²) in [5.74, 6) is -0.00127. The molecule has 0 amide bonds. The van der Waals surface area contributed by atoms with Crippen LogP contribution in [0.5, 0.6) is 5.75 Å². The summed E-state index contributed by atoms with van der Waals surface area (Å²) in [6, 6.07) is 5.45. The lowest BCUT2D eigenvalue weighted by atomic mass is 9.99. The zero-order chi connectivity index (χ0) is 16.9. The number of hydrogen-bond acceptors (Lipinski definition) is 3. The van der Waals surface area contributed by atoms with Crippen LogP contribution >= 0.6 is 0 Å². The lowest BCUT2D eigenvalue weighted by molar-refractivity contribution is -0.138. The third kappa shape index (κ3) is 5.95. The molecule has 1 fully saturated rings. The molecule has 0 bridgehead atoms. The topological polar surface area (TPSA) is 24.5 Å². The molecule has 0 radical (unpaired) electrons. The van der Waals surface area contributed by atoms with Crippen molar-refractivity contribution in [1.82, 2.24) is 10.2 Å². The second-order valence-electron chi connectivity index (χ2n) is 5.40. The molecule has 1 aliphatic heterocycles. The van der Waals surface area contributed by atoms with Crippen LogP contribution in [-0.4, -0.2) is 43.9 Å². The fourth-order valence-corrected chi connectivity index (χ4v) is 2.73. The second kappa shape index (κ2) is 7.92. The van der Waals surface area contributed by atoms with Crippen LogP contribution in [0, 0.1) is 0 Å². The van der Waals surface area contributed by atoms with Gasteiger partial charge in [0.1, 0.15) is 5.75 Å². The number of benzene rings is 1. The van der Waals surface area contributed by atoms with Crippen LogP contribution in [0.1, 0.15) is 24.4 Å². The summed E-state index contributed by atoms with van der Waals surface area (Å²) in [6.45, 7) is -0.185. The van der Waals surface area contributed by atoms with Crippen LogP contribution in [0.2, 0.25) is 0 Å². The molecular weight excluding hydrogens is 319 g/mol. The highest BCUT2D eigenvalue weighted by atomic mass is 19.4. The van der Waals surface area contributed by atoms with Crippen molar-refractivity contribution in [2.45, 2.75) is 31.7 Å². The molecule has 0 unspecified atom stereocenters. The number of piperazine rings is 1.